The third-order valence-electron chi connectivity index (χ3n) is 9.17. The molecule has 4 aliphatic rings. The van der Waals surface area contributed by atoms with Crippen molar-refractivity contribution >= 4 is 0 Å². The lowest BCUT2D eigenvalue weighted by molar-refractivity contribution is -0.123. The van der Waals surface area contributed by atoms with Crippen molar-refractivity contribution in [2.75, 3.05) is 13.1 Å². The molecule has 138 valence electrons. The maximum atomic E-state index is 10.1. The minimum absolute atomic E-state index is 0.0233. The van der Waals surface area contributed by atoms with Crippen LogP contribution in [0, 0.1) is 34.5 Å². The smallest absolute Gasteiger partial charge is 0.0543 e. The molecule has 0 bridgehead atoms. The van der Waals surface area contributed by atoms with Crippen LogP contribution in [0.15, 0.2) is 0 Å². The molecular formula is C21H38N2O. The first kappa shape index (κ1) is 17.3. The molecule has 4 rings (SSSR count). The van der Waals surface area contributed by atoms with E-state index in [2.05, 4.69) is 19.2 Å². The van der Waals surface area contributed by atoms with Crippen molar-refractivity contribution in [3.63, 3.8) is 0 Å². The SMILES string of the molecule is C[C@]12CC[C@H](O)C[C@@H]1CC[C@@H]1[C@@H]2CC[C@]2(C)[C@@H](NCCN)CC[C@@H]12. The lowest BCUT2D eigenvalue weighted by Crippen LogP contribution is -2.56. The molecule has 0 amide bonds. The number of fused-ring (bicyclic) bond motifs is 5. The van der Waals surface area contributed by atoms with E-state index in [9.17, 15) is 5.11 Å². The zero-order chi connectivity index (χ0) is 16.9. The zero-order valence-electron chi connectivity index (χ0n) is 15.8. The molecule has 4 N–H and O–H groups in total. The van der Waals surface area contributed by atoms with Crippen LogP contribution in [-0.2, 0) is 0 Å². The van der Waals surface area contributed by atoms with Gasteiger partial charge in [0.15, 0.2) is 0 Å². The predicted molar refractivity (Wildman–Crippen MR) is 98.6 cm³/mol. The summed E-state index contributed by atoms with van der Waals surface area (Å²) in [7, 11) is 0. The molecular weight excluding hydrogens is 296 g/mol. The van der Waals surface area contributed by atoms with Crippen LogP contribution < -0.4 is 11.1 Å². The van der Waals surface area contributed by atoms with Gasteiger partial charge < -0.3 is 16.2 Å². The summed E-state index contributed by atoms with van der Waals surface area (Å²) in [6.07, 6.45) is 11.7. The predicted octanol–water partition coefficient (Wildman–Crippen LogP) is 3.31. The minimum Gasteiger partial charge on any atom is -0.393 e. The summed E-state index contributed by atoms with van der Waals surface area (Å²) in [6, 6.07) is 0.686. The van der Waals surface area contributed by atoms with Gasteiger partial charge in [0.1, 0.15) is 0 Å². The summed E-state index contributed by atoms with van der Waals surface area (Å²) in [6.45, 7) is 6.89. The lowest BCUT2D eigenvalue weighted by atomic mass is 9.45. The molecule has 0 aliphatic heterocycles. The third-order valence-corrected chi connectivity index (χ3v) is 9.17. The van der Waals surface area contributed by atoms with Crippen molar-refractivity contribution in [1.29, 1.82) is 0 Å². The Labute approximate surface area is 148 Å². The molecule has 3 heteroatoms. The molecule has 3 nitrogen and oxygen atoms in total. The van der Waals surface area contributed by atoms with Crippen LogP contribution in [-0.4, -0.2) is 30.3 Å². The second-order valence-electron chi connectivity index (χ2n) is 10.0. The third kappa shape index (κ3) is 2.49. The van der Waals surface area contributed by atoms with E-state index in [-0.39, 0.29) is 6.10 Å². The van der Waals surface area contributed by atoms with Crippen LogP contribution in [0.1, 0.15) is 71.6 Å². The monoisotopic (exact) mass is 334 g/mol. The highest BCUT2D eigenvalue weighted by atomic mass is 16.3. The van der Waals surface area contributed by atoms with Crippen LogP contribution in [0.4, 0.5) is 0 Å². The zero-order valence-corrected chi connectivity index (χ0v) is 15.8. The average molecular weight is 335 g/mol. The second kappa shape index (κ2) is 6.25. The Kier molecular flexibility index (Phi) is 4.50. The molecule has 0 heterocycles. The van der Waals surface area contributed by atoms with E-state index in [4.69, 9.17) is 5.73 Å². The van der Waals surface area contributed by atoms with Gasteiger partial charge in [0.2, 0.25) is 0 Å². The average Bonchev–Trinajstić information content (AvgIpc) is 2.90. The molecule has 0 spiro atoms. The number of aliphatic hydroxyl groups excluding tert-OH is 1. The first-order valence-corrected chi connectivity index (χ1v) is 10.6. The fraction of sp³-hybridized carbons (Fsp3) is 1.00. The van der Waals surface area contributed by atoms with Gasteiger partial charge in [0.25, 0.3) is 0 Å². The van der Waals surface area contributed by atoms with E-state index in [1.807, 2.05) is 0 Å². The largest absolute Gasteiger partial charge is 0.393 e. The fourth-order valence-electron chi connectivity index (χ4n) is 7.83. The summed E-state index contributed by atoms with van der Waals surface area (Å²) < 4.78 is 0. The quantitative estimate of drug-likeness (QED) is 0.742. The van der Waals surface area contributed by atoms with Crippen molar-refractivity contribution < 1.29 is 5.11 Å². The highest BCUT2D eigenvalue weighted by molar-refractivity contribution is 5.10. The molecule has 0 aromatic rings. The van der Waals surface area contributed by atoms with Crippen LogP contribution in [0.5, 0.6) is 0 Å². The molecule has 4 aliphatic carbocycles. The molecule has 24 heavy (non-hydrogen) atoms. The Morgan fingerprint density at radius 2 is 1.71 bits per heavy atom. The van der Waals surface area contributed by atoms with Crippen LogP contribution in [0.25, 0.3) is 0 Å². The Morgan fingerprint density at radius 3 is 2.50 bits per heavy atom. The fourth-order valence-corrected chi connectivity index (χ4v) is 7.83. The maximum absolute atomic E-state index is 10.1. The van der Waals surface area contributed by atoms with Gasteiger partial charge in [-0.2, -0.15) is 0 Å². The van der Waals surface area contributed by atoms with Crippen LogP contribution >= 0.6 is 0 Å². The number of hydrogen-bond donors (Lipinski definition) is 3. The van der Waals surface area contributed by atoms with Gasteiger partial charge in [0.05, 0.1) is 6.10 Å². The first-order valence-electron chi connectivity index (χ1n) is 10.6. The Balaban J connectivity index is 1.54. The van der Waals surface area contributed by atoms with Crippen LogP contribution in [0.2, 0.25) is 0 Å². The number of aliphatic hydroxyl groups is 1. The summed E-state index contributed by atoms with van der Waals surface area (Å²) >= 11 is 0. The van der Waals surface area contributed by atoms with Gasteiger partial charge in [-0.15, -0.1) is 0 Å². The number of nitrogens with two attached hydrogens (primary N) is 1. The Hall–Kier alpha value is -0.120. The van der Waals surface area contributed by atoms with Gasteiger partial charge in [-0.25, -0.2) is 0 Å². The van der Waals surface area contributed by atoms with E-state index in [0.717, 1.165) is 49.6 Å². The second-order valence-corrected chi connectivity index (χ2v) is 10.0. The summed E-state index contributed by atoms with van der Waals surface area (Å²) in [5.41, 5.74) is 6.74. The van der Waals surface area contributed by atoms with Crippen molar-refractivity contribution in [3.05, 3.63) is 0 Å². The van der Waals surface area contributed by atoms with Crippen molar-refractivity contribution in [2.45, 2.75) is 83.8 Å². The van der Waals surface area contributed by atoms with E-state index >= 15 is 0 Å². The molecule has 8 atom stereocenters. The van der Waals surface area contributed by atoms with Gasteiger partial charge in [-0.3, -0.25) is 0 Å². The van der Waals surface area contributed by atoms with E-state index in [0.29, 0.717) is 16.9 Å². The van der Waals surface area contributed by atoms with Crippen LogP contribution in [0.3, 0.4) is 0 Å². The topological polar surface area (TPSA) is 58.3 Å². The highest BCUT2D eigenvalue weighted by Crippen LogP contribution is 2.66. The molecule has 0 radical (unpaired) electrons. The van der Waals surface area contributed by atoms with Crippen molar-refractivity contribution in [1.82, 2.24) is 5.32 Å². The first-order chi connectivity index (χ1) is 11.5. The summed E-state index contributed by atoms with van der Waals surface area (Å²) in [5.74, 6) is 3.54. The van der Waals surface area contributed by atoms with Gasteiger partial charge in [-0.1, -0.05) is 13.8 Å². The molecule has 4 saturated carbocycles. The molecule has 4 fully saturated rings. The lowest BCUT2D eigenvalue weighted by Gasteiger charge is -2.61. The molecule has 0 unspecified atom stereocenters. The van der Waals surface area contributed by atoms with Crippen molar-refractivity contribution in [2.24, 2.45) is 40.2 Å². The highest BCUT2D eigenvalue weighted by Gasteiger charge is 2.59. The Bertz CT molecular complexity index is 469. The summed E-state index contributed by atoms with van der Waals surface area (Å²) in [5, 5.41) is 13.9. The Morgan fingerprint density at radius 1 is 0.958 bits per heavy atom. The van der Waals surface area contributed by atoms with Gasteiger partial charge in [0, 0.05) is 19.1 Å². The maximum Gasteiger partial charge on any atom is 0.0543 e. The molecule has 0 saturated heterocycles. The standard InChI is InChI=1S/C21H38N2O/c1-20-9-7-15(24)13-14(20)3-4-16-17-5-6-19(23-12-11-22)21(17,2)10-8-18(16)20/h14-19,23-24H,3-13,22H2,1-2H3/t14-,15-,16-,17-,18-,19-,20-,21-/m0/s1. The number of nitrogens with one attached hydrogen (secondary N) is 1. The number of rotatable bonds is 3. The van der Waals surface area contributed by atoms with E-state index in [1.54, 1.807) is 0 Å². The van der Waals surface area contributed by atoms with E-state index in [1.165, 1.54) is 44.9 Å². The normalized spacial score (nSPS) is 54.0. The van der Waals surface area contributed by atoms with E-state index < -0.39 is 0 Å². The van der Waals surface area contributed by atoms with Gasteiger partial charge >= 0.3 is 0 Å². The molecule has 0 aromatic carbocycles. The summed E-state index contributed by atoms with van der Waals surface area (Å²) in [4.78, 5) is 0. The van der Waals surface area contributed by atoms with Gasteiger partial charge in [-0.05, 0) is 92.3 Å². The number of hydrogen-bond acceptors (Lipinski definition) is 3. The minimum atomic E-state index is -0.0233. The molecule has 0 aromatic heterocycles. The van der Waals surface area contributed by atoms with Crippen molar-refractivity contribution in [3.8, 4) is 0 Å².